The Morgan fingerprint density at radius 2 is 2.17 bits per heavy atom. The van der Waals surface area contributed by atoms with Gasteiger partial charge in [-0.05, 0) is 5.92 Å². The smallest absolute Gasteiger partial charge is 0.342 e. The first-order valence-corrected chi connectivity index (χ1v) is 7.72. The highest BCUT2D eigenvalue weighted by atomic mass is 16.5. The summed E-state index contributed by atoms with van der Waals surface area (Å²) in [5, 5.41) is 15.3. The van der Waals surface area contributed by atoms with Crippen LogP contribution in [0.4, 0.5) is 10.7 Å². The first-order valence-electron chi connectivity index (χ1n) is 7.72. The van der Waals surface area contributed by atoms with E-state index in [2.05, 4.69) is 25.5 Å². The Kier molecular flexibility index (Phi) is 4.56. The molecule has 0 unspecified atom stereocenters. The van der Waals surface area contributed by atoms with Gasteiger partial charge in [-0.15, -0.1) is 15.3 Å². The molecule has 1 fully saturated rings. The van der Waals surface area contributed by atoms with Crippen LogP contribution in [0.1, 0.15) is 13.8 Å². The van der Waals surface area contributed by atoms with Crippen molar-refractivity contribution in [1.29, 1.82) is 0 Å². The summed E-state index contributed by atoms with van der Waals surface area (Å²) in [4.78, 5) is 14.1. The first-order chi connectivity index (χ1) is 11.1. The lowest BCUT2D eigenvalue weighted by atomic mass is 10.2. The number of amides is 1. The Labute approximate surface area is 134 Å². The van der Waals surface area contributed by atoms with Gasteiger partial charge in [-0.25, -0.2) is 9.36 Å². The largest absolute Gasteiger partial charge is 0.378 e. The minimum absolute atomic E-state index is 0.244. The molecule has 0 spiro atoms. The number of anilines is 1. The Hall–Kier alpha value is -2.42. The number of nitrogens with one attached hydrogen (secondary N) is 1. The third-order valence-corrected chi connectivity index (χ3v) is 3.52. The average Bonchev–Trinajstić information content (AvgIpc) is 3.22. The predicted molar refractivity (Wildman–Crippen MR) is 83.8 cm³/mol. The van der Waals surface area contributed by atoms with Crippen molar-refractivity contribution in [3.8, 4) is 5.82 Å². The molecule has 0 atom stereocenters. The van der Waals surface area contributed by atoms with Crippen molar-refractivity contribution in [2.75, 3.05) is 37.7 Å². The van der Waals surface area contributed by atoms with Gasteiger partial charge in [-0.2, -0.15) is 4.68 Å². The third kappa shape index (κ3) is 3.50. The van der Waals surface area contributed by atoms with Crippen LogP contribution in [0.3, 0.4) is 0 Å². The van der Waals surface area contributed by atoms with Gasteiger partial charge in [0.25, 0.3) is 0 Å². The van der Waals surface area contributed by atoms with Crippen LogP contribution in [-0.4, -0.2) is 63.4 Å². The van der Waals surface area contributed by atoms with E-state index in [-0.39, 0.29) is 6.03 Å². The number of aromatic nitrogens is 5. The van der Waals surface area contributed by atoms with Gasteiger partial charge in [0, 0.05) is 31.9 Å². The minimum Gasteiger partial charge on any atom is -0.378 e. The number of morpholine rings is 1. The van der Waals surface area contributed by atoms with Crippen LogP contribution in [-0.2, 0) is 4.74 Å². The molecule has 0 aromatic carbocycles. The number of carbonyl (C=O) groups is 1. The number of hydrogen-bond donors (Lipinski definition) is 1. The molecule has 9 nitrogen and oxygen atoms in total. The van der Waals surface area contributed by atoms with Gasteiger partial charge in [-0.3, -0.25) is 0 Å². The van der Waals surface area contributed by atoms with Gasteiger partial charge >= 0.3 is 6.03 Å². The number of rotatable bonds is 4. The summed E-state index contributed by atoms with van der Waals surface area (Å²) in [6, 6.07) is 1.52. The Morgan fingerprint density at radius 3 is 2.91 bits per heavy atom. The summed E-state index contributed by atoms with van der Waals surface area (Å²) in [7, 11) is 0. The van der Waals surface area contributed by atoms with Crippen LogP contribution in [0.15, 0.2) is 18.6 Å². The molecule has 0 aliphatic carbocycles. The van der Waals surface area contributed by atoms with Gasteiger partial charge in [0.1, 0.15) is 6.33 Å². The third-order valence-electron chi connectivity index (χ3n) is 3.52. The standard InChI is InChI=1S/C14H21N7O2/c1-11(2)9-15-14(22)21-4-3-12(18-21)20-10-16-17-13(20)19-5-7-23-8-6-19/h3-4,10-11H,5-9H2,1-2H3,(H,15,22). The maximum Gasteiger partial charge on any atom is 0.342 e. The molecule has 2 aromatic rings. The number of hydrogen-bond acceptors (Lipinski definition) is 6. The van der Waals surface area contributed by atoms with Crippen LogP contribution in [0.2, 0.25) is 0 Å². The summed E-state index contributed by atoms with van der Waals surface area (Å²) in [6.07, 6.45) is 3.23. The monoisotopic (exact) mass is 319 g/mol. The lowest BCUT2D eigenvalue weighted by Gasteiger charge is -2.27. The fourth-order valence-corrected chi connectivity index (χ4v) is 2.30. The zero-order valence-electron chi connectivity index (χ0n) is 13.3. The second-order valence-electron chi connectivity index (χ2n) is 5.80. The van der Waals surface area contributed by atoms with Crippen molar-refractivity contribution in [3.05, 3.63) is 18.6 Å². The molecule has 3 heterocycles. The molecule has 1 amide bonds. The van der Waals surface area contributed by atoms with Crippen LogP contribution < -0.4 is 10.2 Å². The van der Waals surface area contributed by atoms with E-state index in [1.54, 1.807) is 23.2 Å². The van der Waals surface area contributed by atoms with Crippen LogP contribution in [0.5, 0.6) is 0 Å². The van der Waals surface area contributed by atoms with E-state index in [4.69, 9.17) is 4.74 Å². The molecule has 0 saturated carbocycles. The topological polar surface area (TPSA) is 90.1 Å². The van der Waals surface area contributed by atoms with E-state index < -0.39 is 0 Å². The van der Waals surface area contributed by atoms with E-state index in [0.717, 1.165) is 13.1 Å². The van der Waals surface area contributed by atoms with Crippen molar-refractivity contribution in [2.45, 2.75) is 13.8 Å². The molecule has 0 bridgehead atoms. The van der Waals surface area contributed by atoms with Gasteiger partial charge in [0.2, 0.25) is 5.95 Å². The highest BCUT2D eigenvalue weighted by molar-refractivity contribution is 5.75. The molecule has 2 aromatic heterocycles. The molecular weight excluding hydrogens is 298 g/mol. The first kappa shape index (κ1) is 15.5. The van der Waals surface area contributed by atoms with E-state index in [0.29, 0.717) is 37.4 Å². The second kappa shape index (κ2) is 6.78. The zero-order chi connectivity index (χ0) is 16.2. The molecule has 3 rings (SSSR count). The van der Waals surface area contributed by atoms with Crippen molar-refractivity contribution >= 4 is 12.0 Å². The van der Waals surface area contributed by atoms with Gasteiger partial charge < -0.3 is 15.0 Å². The fourth-order valence-electron chi connectivity index (χ4n) is 2.30. The number of ether oxygens (including phenoxy) is 1. The Balaban J connectivity index is 1.76. The average molecular weight is 319 g/mol. The predicted octanol–water partition coefficient (Wildman–Crippen LogP) is 0.514. The molecule has 1 aliphatic heterocycles. The molecule has 1 aliphatic rings. The summed E-state index contributed by atoms with van der Waals surface area (Å²) < 4.78 is 8.42. The summed E-state index contributed by atoms with van der Waals surface area (Å²) in [6.45, 7) is 7.54. The van der Waals surface area contributed by atoms with Crippen molar-refractivity contribution in [3.63, 3.8) is 0 Å². The van der Waals surface area contributed by atoms with Crippen molar-refractivity contribution in [2.24, 2.45) is 5.92 Å². The second-order valence-corrected chi connectivity index (χ2v) is 5.80. The molecule has 1 N–H and O–H groups in total. The van der Waals surface area contributed by atoms with Crippen LogP contribution >= 0.6 is 0 Å². The summed E-state index contributed by atoms with van der Waals surface area (Å²) >= 11 is 0. The maximum absolute atomic E-state index is 12.0. The highest BCUT2D eigenvalue weighted by Gasteiger charge is 2.19. The van der Waals surface area contributed by atoms with Crippen molar-refractivity contribution < 1.29 is 9.53 Å². The van der Waals surface area contributed by atoms with Gasteiger partial charge in [-0.1, -0.05) is 13.8 Å². The van der Waals surface area contributed by atoms with Crippen molar-refractivity contribution in [1.82, 2.24) is 29.9 Å². The zero-order valence-corrected chi connectivity index (χ0v) is 13.3. The van der Waals surface area contributed by atoms with E-state index in [1.165, 1.54) is 4.68 Å². The van der Waals surface area contributed by atoms with E-state index in [1.807, 2.05) is 13.8 Å². The Morgan fingerprint density at radius 1 is 1.39 bits per heavy atom. The quantitative estimate of drug-likeness (QED) is 0.883. The van der Waals surface area contributed by atoms with Crippen LogP contribution in [0, 0.1) is 5.92 Å². The normalized spacial score (nSPS) is 15.2. The lowest BCUT2D eigenvalue weighted by Crippen LogP contribution is -2.37. The molecule has 23 heavy (non-hydrogen) atoms. The minimum atomic E-state index is -0.244. The fraction of sp³-hybridized carbons (Fsp3) is 0.571. The van der Waals surface area contributed by atoms with E-state index >= 15 is 0 Å². The summed E-state index contributed by atoms with van der Waals surface area (Å²) in [5.74, 6) is 1.71. The van der Waals surface area contributed by atoms with E-state index in [9.17, 15) is 4.79 Å². The number of nitrogens with zero attached hydrogens (tertiary/aromatic N) is 6. The molecule has 9 heteroatoms. The molecule has 124 valence electrons. The van der Waals surface area contributed by atoms with Gasteiger partial charge in [0.15, 0.2) is 5.82 Å². The van der Waals surface area contributed by atoms with Crippen LogP contribution in [0.25, 0.3) is 5.82 Å². The number of carbonyl (C=O) groups excluding carboxylic acids is 1. The SMILES string of the molecule is CC(C)CNC(=O)n1ccc(-n2cnnc2N2CCOCC2)n1. The maximum atomic E-state index is 12.0. The van der Waals surface area contributed by atoms with Gasteiger partial charge in [0.05, 0.1) is 13.2 Å². The highest BCUT2D eigenvalue weighted by Crippen LogP contribution is 2.16. The molecular formula is C14H21N7O2. The summed E-state index contributed by atoms with van der Waals surface area (Å²) in [5.41, 5.74) is 0. The Bertz CT molecular complexity index is 658. The lowest BCUT2D eigenvalue weighted by molar-refractivity contribution is 0.122. The molecule has 1 saturated heterocycles. The molecule has 0 radical (unpaired) electrons.